The summed E-state index contributed by atoms with van der Waals surface area (Å²) in [5, 5.41) is 10.5. The summed E-state index contributed by atoms with van der Waals surface area (Å²) >= 11 is 1.75. The van der Waals surface area contributed by atoms with Crippen LogP contribution in [0.3, 0.4) is 0 Å². The quantitative estimate of drug-likeness (QED) is 0.808. The molecule has 5 heteroatoms. The number of fused-ring (bicyclic) bond motifs is 1. The summed E-state index contributed by atoms with van der Waals surface area (Å²) in [6.07, 6.45) is 4.72. The van der Waals surface area contributed by atoms with Crippen LogP contribution in [-0.2, 0) is 19.5 Å². The van der Waals surface area contributed by atoms with Gasteiger partial charge in [0.15, 0.2) is 0 Å². The largest absolute Gasteiger partial charge is 0.312 e. The molecule has 0 fully saturated rings. The molecule has 106 valence electrons. The summed E-state index contributed by atoms with van der Waals surface area (Å²) in [6, 6.07) is 8.35. The second kappa shape index (κ2) is 5.42. The maximum atomic E-state index is 4.90. The van der Waals surface area contributed by atoms with Gasteiger partial charge in [-0.25, -0.2) is 0 Å². The first-order valence-corrected chi connectivity index (χ1v) is 8.02. The molecule has 0 aromatic carbocycles. The molecule has 3 aromatic rings. The van der Waals surface area contributed by atoms with Crippen LogP contribution in [0.4, 0.5) is 0 Å². The van der Waals surface area contributed by atoms with Crippen LogP contribution in [0, 0.1) is 0 Å². The van der Waals surface area contributed by atoms with Crippen LogP contribution in [-0.4, -0.2) is 21.3 Å². The fourth-order valence-corrected chi connectivity index (χ4v) is 3.56. The first-order valence-electron chi connectivity index (χ1n) is 7.14. The summed E-state index contributed by atoms with van der Waals surface area (Å²) in [7, 11) is 0. The molecule has 0 amide bonds. The molecule has 0 saturated heterocycles. The van der Waals surface area contributed by atoms with Crippen LogP contribution in [0.1, 0.15) is 16.8 Å². The van der Waals surface area contributed by atoms with E-state index in [1.807, 2.05) is 12.4 Å². The first kappa shape index (κ1) is 12.7. The maximum Gasteiger partial charge on any atom is 0.107 e. The molecule has 0 aliphatic carbocycles. The SMILES string of the molecule is c1csc(-c2nn(Cc3ccncc3)c3c2CNCC3)c1. The molecule has 21 heavy (non-hydrogen) atoms. The van der Waals surface area contributed by atoms with E-state index in [-0.39, 0.29) is 0 Å². The number of hydrogen-bond acceptors (Lipinski definition) is 4. The van der Waals surface area contributed by atoms with Gasteiger partial charge in [-0.3, -0.25) is 9.67 Å². The molecule has 4 heterocycles. The van der Waals surface area contributed by atoms with Crippen molar-refractivity contribution in [3.05, 3.63) is 58.9 Å². The lowest BCUT2D eigenvalue weighted by Gasteiger charge is -2.15. The fourth-order valence-electron chi connectivity index (χ4n) is 2.82. The van der Waals surface area contributed by atoms with Gasteiger partial charge < -0.3 is 5.32 Å². The van der Waals surface area contributed by atoms with E-state index >= 15 is 0 Å². The molecule has 0 saturated carbocycles. The van der Waals surface area contributed by atoms with Crippen LogP contribution < -0.4 is 5.32 Å². The van der Waals surface area contributed by atoms with E-state index in [1.165, 1.54) is 21.7 Å². The highest BCUT2D eigenvalue weighted by molar-refractivity contribution is 7.13. The highest BCUT2D eigenvalue weighted by Crippen LogP contribution is 2.31. The van der Waals surface area contributed by atoms with Crippen molar-refractivity contribution in [3.63, 3.8) is 0 Å². The molecule has 0 bridgehead atoms. The van der Waals surface area contributed by atoms with Crippen molar-refractivity contribution in [2.75, 3.05) is 6.54 Å². The average molecular weight is 296 g/mol. The zero-order valence-corrected chi connectivity index (χ0v) is 12.4. The van der Waals surface area contributed by atoms with Gasteiger partial charge in [0.25, 0.3) is 0 Å². The molecule has 3 aromatic heterocycles. The predicted molar refractivity (Wildman–Crippen MR) is 84.3 cm³/mol. The third kappa shape index (κ3) is 2.39. The molecule has 0 unspecified atom stereocenters. The normalized spacial score (nSPS) is 14.1. The number of thiophene rings is 1. The fraction of sp³-hybridized carbons (Fsp3) is 0.250. The highest BCUT2D eigenvalue weighted by atomic mass is 32.1. The third-order valence-electron chi connectivity index (χ3n) is 3.84. The van der Waals surface area contributed by atoms with Crippen molar-refractivity contribution in [3.8, 4) is 10.6 Å². The van der Waals surface area contributed by atoms with Gasteiger partial charge in [0.05, 0.1) is 11.4 Å². The standard InChI is InChI=1S/C16H16N4S/c1-2-15(21-9-1)16-13-10-18-8-5-14(13)20(19-16)11-12-3-6-17-7-4-12/h1-4,6-7,9,18H,5,8,10-11H2. The zero-order valence-electron chi connectivity index (χ0n) is 11.6. The number of rotatable bonds is 3. The molecule has 0 atom stereocenters. The van der Waals surface area contributed by atoms with Crippen LogP contribution in [0.25, 0.3) is 10.6 Å². The van der Waals surface area contributed by atoms with Gasteiger partial charge in [-0.2, -0.15) is 5.10 Å². The Morgan fingerprint density at radius 1 is 1.24 bits per heavy atom. The zero-order chi connectivity index (χ0) is 14.1. The van der Waals surface area contributed by atoms with Crippen molar-refractivity contribution >= 4 is 11.3 Å². The maximum absolute atomic E-state index is 4.90. The molecule has 4 nitrogen and oxygen atoms in total. The lowest BCUT2D eigenvalue weighted by Crippen LogP contribution is -2.25. The van der Waals surface area contributed by atoms with Crippen molar-refractivity contribution in [2.24, 2.45) is 0 Å². The third-order valence-corrected chi connectivity index (χ3v) is 4.72. The van der Waals surface area contributed by atoms with Gasteiger partial charge >= 0.3 is 0 Å². The topological polar surface area (TPSA) is 42.7 Å². The minimum atomic E-state index is 0.816. The summed E-state index contributed by atoms with van der Waals surface area (Å²) in [5.74, 6) is 0. The highest BCUT2D eigenvalue weighted by Gasteiger charge is 2.21. The van der Waals surface area contributed by atoms with Gasteiger partial charge in [0.2, 0.25) is 0 Å². The monoisotopic (exact) mass is 296 g/mol. The first-order chi connectivity index (χ1) is 10.4. The van der Waals surface area contributed by atoms with Crippen molar-refractivity contribution in [1.29, 1.82) is 0 Å². The van der Waals surface area contributed by atoms with Crippen LogP contribution >= 0.6 is 11.3 Å². The minimum absolute atomic E-state index is 0.816. The Labute approximate surface area is 127 Å². The van der Waals surface area contributed by atoms with E-state index in [1.54, 1.807) is 11.3 Å². The average Bonchev–Trinajstić information content (AvgIpc) is 3.17. The van der Waals surface area contributed by atoms with Gasteiger partial charge in [-0.15, -0.1) is 11.3 Å². The second-order valence-electron chi connectivity index (χ2n) is 5.19. The molecule has 1 aliphatic heterocycles. The summed E-state index contributed by atoms with van der Waals surface area (Å²) in [6.45, 7) is 2.76. The number of nitrogens with one attached hydrogen (secondary N) is 1. The second-order valence-corrected chi connectivity index (χ2v) is 6.14. The van der Waals surface area contributed by atoms with Gasteiger partial charge in [0.1, 0.15) is 5.69 Å². The van der Waals surface area contributed by atoms with E-state index in [9.17, 15) is 0 Å². The Bertz CT molecular complexity index is 731. The lowest BCUT2D eigenvalue weighted by molar-refractivity contribution is 0.582. The van der Waals surface area contributed by atoms with Crippen molar-refractivity contribution in [2.45, 2.75) is 19.5 Å². The number of nitrogens with zero attached hydrogens (tertiary/aromatic N) is 3. The van der Waals surface area contributed by atoms with E-state index < -0.39 is 0 Å². The van der Waals surface area contributed by atoms with Crippen LogP contribution in [0.15, 0.2) is 42.0 Å². The van der Waals surface area contributed by atoms with Crippen LogP contribution in [0.5, 0.6) is 0 Å². The summed E-state index contributed by atoms with van der Waals surface area (Å²) in [4.78, 5) is 5.34. The molecule has 1 N–H and O–H groups in total. The van der Waals surface area contributed by atoms with Gasteiger partial charge in [-0.05, 0) is 29.1 Å². The molecular formula is C16H16N4S. The van der Waals surface area contributed by atoms with Gasteiger partial charge in [0, 0.05) is 43.2 Å². The molecule has 0 spiro atoms. The molecule has 4 rings (SSSR count). The predicted octanol–water partition coefficient (Wildman–Crippen LogP) is 2.70. The van der Waals surface area contributed by atoms with E-state index in [0.717, 1.165) is 31.7 Å². The minimum Gasteiger partial charge on any atom is -0.312 e. The Morgan fingerprint density at radius 3 is 2.95 bits per heavy atom. The Kier molecular flexibility index (Phi) is 3.29. The summed E-state index contributed by atoms with van der Waals surface area (Å²) < 4.78 is 2.17. The van der Waals surface area contributed by atoms with E-state index in [2.05, 4.69) is 44.6 Å². The summed E-state index contributed by atoms with van der Waals surface area (Å²) in [5.41, 5.74) is 5.11. The Morgan fingerprint density at radius 2 is 2.14 bits per heavy atom. The van der Waals surface area contributed by atoms with Crippen LogP contribution in [0.2, 0.25) is 0 Å². The Hall–Kier alpha value is -1.98. The number of aromatic nitrogens is 3. The molecular weight excluding hydrogens is 280 g/mol. The van der Waals surface area contributed by atoms with Gasteiger partial charge in [-0.1, -0.05) is 6.07 Å². The lowest BCUT2D eigenvalue weighted by atomic mass is 10.1. The van der Waals surface area contributed by atoms with Crippen molar-refractivity contribution in [1.82, 2.24) is 20.1 Å². The smallest absolute Gasteiger partial charge is 0.107 e. The van der Waals surface area contributed by atoms with E-state index in [4.69, 9.17) is 5.10 Å². The Balaban J connectivity index is 1.77. The van der Waals surface area contributed by atoms with Crippen molar-refractivity contribution < 1.29 is 0 Å². The molecule has 1 aliphatic rings. The van der Waals surface area contributed by atoms with E-state index in [0.29, 0.717) is 0 Å². The molecule has 0 radical (unpaired) electrons. The number of pyridine rings is 1. The number of hydrogen-bond donors (Lipinski definition) is 1.